The number of nitrogens with one attached hydrogen (secondary N) is 1. The van der Waals surface area contributed by atoms with Gasteiger partial charge in [-0.15, -0.1) is 0 Å². The van der Waals surface area contributed by atoms with Crippen molar-refractivity contribution in [2.24, 2.45) is 4.36 Å². The highest BCUT2D eigenvalue weighted by Gasteiger charge is 2.34. The van der Waals surface area contributed by atoms with Crippen molar-refractivity contribution in [3.8, 4) is 0 Å². The van der Waals surface area contributed by atoms with Crippen molar-refractivity contribution in [1.29, 1.82) is 0 Å². The van der Waals surface area contributed by atoms with Crippen LogP contribution in [0.5, 0.6) is 0 Å². The minimum Gasteiger partial charge on any atom is -0.312 e. The van der Waals surface area contributed by atoms with Crippen LogP contribution in [0.15, 0.2) is 28.6 Å². The first kappa shape index (κ1) is 17.5. The lowest BCUT2D eigenvalue weighted by Gasteiger charge is -2.23. The summed E-state index contributed by atoms with van der Waals surface area (Å²) in [4.78, 5) is 26.2. The smallest absolute Gasteiger partial charge is 0.312 e. The number of rotatable bonds is 3. The molecule has 1 atom stereocenters. The molecular formula is C16H23N3O3S. The van der Waals surface area contributed by atoms with Gasteiger partial charge in [-0.2, -0.15) is 4.36 Å². The summed E-state index contributed by atoms with van der Waals surface area (Å²) in [6, 6.07) is 6.66. The van der Waals surface area contributed by atoms with Crippen molar-refractivity contribution in [2.75, 3.05) is 24.4 Å². The van der Waals surface area contributed by atoms with Crippen molar-refractivity contribution >= 4 is 27.4 Å². The standard InChI is InChI=1S/C16H23N3O3S/c1-4-12-8-5-6-9-13(12)17-16(21)19-11-7-10-14(19)15(20)18-23(2,3)22/h5-6,8-9,14H,4,7,10-11H2,1-3H3,(H,17,21)/t14-/m0/s1. The number of nitrogens with zero attached hydrogens (tertiary/aromatic N) is 2. The van der Waals surface area contributed by atoms with E-state index in [-0.39, 0.29) is 6.03 Å². The molecule has 0 aromatic heterocycles. The average Bonchev–Trinajstić information content (AvgIpc) is 2.95. The number of hydrogen-bond acceptors (Lipinski definition) is 3. The topological polar surface area (TPSA) is 78.8 Å². The van der Waals surface area contributed by atoms with Crippen LogP contribution in [0.1, 0.15) is 25.3 Å². The third-order valence-electron chi connectivity index (χ3n) is 3.75. The number of benzene rings is 1. The first-order valence-corrected chi connectivity index (χ1v) is 10.0. The Labute approximate surface area is 137 Å². The Balaban J connectivity index is 2.15. The molecule has 126 valence electrons. The summed E-state index contributed by atoms with van der Waals surface area (Å²) in [6.45, 7) is 2.52. The Morgan fingerprint density at radius 1 is 1.35 bits per heavy atom. The lowest BCUT2D eigenvalue weighted by molar-refractivity contribution is -0.121. The van der Waals surface area contributed by atoms with E-state index in [0.29, 0.717) is 13.0 Å². The van der Waals surface area contributed by atoms with Gasteiger partial charge in [0, 0.05) is 34.5 Å². The Kier molecular flexibility index (Phi) is 5.41. The highest BCUT2D eigenvalue weighted by atomic mass is 32.2. The van der Waals surface area contributed by atoms with Crippen LogP contribution in [-0.2, 0) is 20.9 Å². The normalized spacial score (nSPS) is 17.9. The third kappa shape index (κ3) is 4.54. The van der Waals surface area contributed by atoms with Crippen molar-refractivity contribution in [3.63, 3.8) is 0 Å². The number of aryl methyl sites for hydroxylation is 1. The molecule has 1 fully saturated rings. The monoisotopic (exact) mass is 337 g/mol. The van der Waals surface area contributed by atoms with E-state index in [2.05, 4.69) is 9.68 Å². The quantitative estimate of drug-likeness (QED) is 0.920. The van der Waals surface area contributed by atoms with Crippen molar-refractivity contribution in [1.82, 2.24) is 4.90 Å². The SMILES string of the molecule is CCc1ccccc1NC(=O)N1CCC[C@H]1C(=O)N=S(C)(C)=O. The molecule has 2 rings (SSSR count). The van der Waals surface area contributed by atoms with Crippen molar-refractivity contribution in [2.45, 2.75) is 32.2 Å². The van der Waals surface area contributed by atoms with Gasteiger partial charge in [0.2, 0.25) is 0 Å². The molecule has 0 radical (unpaired) electrons. The van der Waals surface area contributed by atoms with Gasteiger partial charge in [-0.05, 0) is 30.9 Å². The van der Waals surface area contributed by atoms with E-state index in [4.69, 9.17) is 0 Å². The molecule has 1 aromatic rings. The number of amides is 3. The van der Waals surface area contributed by atoms with Crippen LogP contribution >= 0.6 is 0 Å². The fraction of sp³-hybridized carbons (Fsp3) is 0.500. The third-order valence-corrected chi connectivity index (χ3v) is 4.37. The molecule has 0 aliphatic carbocycles. The molecule has 3 amide bonds. The second-order valence-electron chi connectivity index (χ2n) is 5.90. The van der Waals surface area contributed by atoms with E-state index in [9.17, 15) is 13.8 Å². The second kappa shape index (κ2) is 7.12. The van der Waals surface area contributed by atoms with E-state index in [1.54, 1.807) is 0 Å². The maximum absolute atomic E-state index is 12.5. The average molecular weight is 337 g/mol. The molecule has 0 saturated carbocycles. The van der Waals surface area contributed by atoms with Crippen molar-refractivity contribution in [3.05, 3.63) is 29.8 Å². The van der Waals surface area contributed by atoms with Crippen LogP contribution < -0.4 is 5.32 Å². The molecule has 0 bridgehead atoms. The van der Waals surface area contributed by atoms with Gasteiger partial charge in [-0.25, -0.2) is 9.00 Å². The van der Waals surface area contributed by atoms with Crippen LogP contribution in [-0.4, -0.2) is 46.1 Å². The zero-order valence-corrected chi connectivity index (χ0v) is 14.6. The molecule has 23 heavy (non-hydrogen) atoms. The van der Waals surface area contributed by atoms with Crippen molar-refractivity contribution < 1.29 is 13.8 Å². The summed E-state index contributed by atoms with van der Waals surface area (Å²) in [6.07, 6.45) is 4.94. The van der Waals surface area contributed by atoms with Crippen LogP contribution in [0.3, 0.4) is 0 Å². The van der Waals surface area contributed by atoms with Gasteiger partial charge >= 0.3 is 6.03 Å². The highest BCUT2D eigenvalue weighted by molar-refractivity contribution is 7.92. The predicted molar refractivity (Wildman–Crippen MR) is 92.0 cm³/mol. The maximum atomic E-state index is 12.5. The van der Waals surface area contributed by atoms with Gasteiger partial charge in [-0.3, -0.25) is 4.79 Å². The van der Waals surface area contributed by atoms with Gasteiger partial charge < -0.3 is 10.2 Å². The molecule has 1 aromatic carbocycles. The lowest BCUT2D eigenvalue weighted by Crippen LogP contribution is -2.42. The fourth-order valence-corrected chi connectivity index (χ4v) is 3.24. The number of carbonyl (C=O) groups excluding carboxylic acids is 2. The predicted octanol–water partition coefficient (Wildman–Crippen LogP) is 2.50. The largest absolute Gasteiger partial charge is 0.322 e. The van der Waals surface area contributed by atoms with Gasteiger partial charge in [0.25, 0.3) is 5.91 Å². The number of likely N-dealkylation sites (tertiary alicyclic amines) is 1. The molecule has 1 saturated heterocycles. The fourth-order valence-electron chi connectivity index (χ4n) is 2.68. The molecule has 1 aliphatic rings. The second-order valence-corrected chi connectivity index (χ2v) is 8.45. The maximum Gasteiger partial charge on any atom is 0.322 e. The first-order chi connectivity index (χ1) is 10.8. The van der Waals surface area contributed by atoms with E-state index in [0.717, 1.165) is 24.1 Å². The van der Waals surface area contributed by atoms with Crippen LogP contribution in [0.4, 0.5) is 10.5 Å². The molecule has 7 heteroatoms. The number of anilines is 1. The van der Waals surface area contributed by atoms with Crippen LogP contribution in [0.2, 0.25) is 0 Å². The number of para-hydroxylation sites is 1. The molecule has 0 spiro atoms. The Bertz CT molecular complexity index is 715. The molecule has 1 N–H and O–H groups in total. The summed E-state index contributed by atoms with van der Waals surface area (Å²) in [5.41, 5.74) is 1.79. The van der Waals surface area contributed by atoms with E-state index in [1.165, 1.54) is 17.4 Å². The Morgan fingerprint density at radius 2 is 2.04 bits per heavy atom. The lowest BCUT2D eigenvalue weighted by atomic mass is 10.1. The summed E-state index contributed by atoms with van der Waals surface area (Å²) >= 11 is 0. The highest BCUT2D eigenvalue weighted by Crippen LogP contribution is 2.22. The van der Waals surface area contributed by atoms with Gasteiger partial charge in [0.1, 0.15) is 6.04 Å². The molecule has 6 nitrogen and oxygen atoms in total. The van der Waals surface area contributed by atoms with Gasteiger partial charge in [0.15, 0.2) is 0 Å². The minimum atomic E-state index is -2.51. The molecule has 0 unspecified atom stereocenters. The van der Waals surface area contributed by atoms with Crippen LogP contribution in [0, 0.1) is 0 Å². The summed E-state index contributed by atoms with van der Waals surface area (Å²) in [7, 11) is -2.51. The van der Waals surface area contributed by atoms with Gasteiger partial charge in [0.05, 0.1) is 0 Å². The number of carbonyl (C=O) groups is 2. The molecule has 1 aliphatic heterocycles. The zero-order valence-electron chi connectivity index (χ0n) is 13.7. The van der Waals surface area contributed by atoms with E-state index >= 15 is 0 Å². The number of urea groups is 1. The van der Waals surface area contributed by atoms with E-state index < -0.39 is 21.7 Å². The van der Waals surface area contributed by atoms with E-state index in [1.807, 2.05) is 31.2 Å². The van der Waals surface area contributed by atoms with Gasteiger partial charge in [-0.1, -0.05) is 25.1 Å². The number of hydrogen-bond donors (Lipinski definition) is 1. The van der Waals surface area contributed by atoms with Crippen LogP contribution in [0.25, 0.3) is 0 Å². The Hall–Kier alpha value is -1.89. The summed E-state index contributed by atoms with van der Waals surface area (Å²) in [5.74, 6) is -0.476. The molecular weight excluding hydrogens is 314 g/mol. The summed E-state index contributed by atoms with van der Waals surface area (Å²) < 4.78 is 15.4. The Morgan fingerprint density at radius 3 is 2.70 bits per heavy atom. The molecule has 1 heterocycles. The summed E-state index contributed by atoms with van der Waals surface area (Å²) in [5, 5.41) is 2.87. The minimum absolute atomic E-state index is 0.310. The first-order valence-electron chi connectivity index (χ1n) is 7.68. The zero-order chi connectivity index (χ0) is 17.0.